The van der Waals surface area contributed by atoms with Crippen LogP contribution in [0.25, 0.3) is 0 Å². The van der Waals surface area contributed by atoms with Gasteiger partial charge < -0.3 is 4.90 Å². The number of anilines is 1. The minimum atomic E-state index is -1.61. The standard InChI is InChI=1S/C14H12F4N2S/c1-7-4-5-9(21-7)8-3-2-6-20(8)12-10(15)13(17)19-14(18)11(12)16/h4-5,8H,2-3,6H2,1H3. The van der Waals surface area contributed by atoms with E-state index in [4.69, 9.17) is 0 Å². The van der Waals surface area contributed by atoms with Gasteiger partial charge in [-0.15, -0.1) is 11.3 Å². The van der Waals surface area contributed by atoms with Crippen molar-refractivity contribution in [1.29, 1.82) is 0 Å². The Balaban J connectivity index is 2.07. The van der Waals surface area contributed by atoms with E-state index in [9.17, 15) is 17.6 Å². The van der Waals surface area contributed by atoms with E-state index in [1.54, 1.807) is 0 Å². The molecule has 3 rings (SSSR count). The second-order valence-corrected chi connectivity index (χ2v) is 6.29. The third-order valence-electron chi connectivity index (χ3n) is 3.60. The molecule has 0 radical (unpaired) electrons. The Labute approximate surface area is 123 Å². The van der Waals surface area contributed by atoms with Crippen molar-refractivity contribution in [3.8, 4) is 0 Å². The van der Waals surface area contributed by atoms with Gasteiger partial charge in [-0.05, 0) is 31.9 Å². The van der Waals surface area contributed by atoms with Crippen LogP contribution in [0.2, 0.25) is 0 Å². The molecule has 21 heavy (non-hydrogen) atoms. The molecule has 0 amide bonds. The first-order valence-electron chi connectivity index (χ1n) is 6.52. The quantitative estimate of drug-likeness (QED) is 0.605. The summed E-state index contributed by atoms with van der Waals surface area (Å²) in [7, 11) is 0. The van der Waals surface area contributed by atoms with Gasteiger partial charge in [0.05, 0.1) is 6.04 Å². The molecule has 1 saturated heterocycles. The zero-order valence-electron chi connectivity index (χ0n) is 11.2. The van der Waals surface area contributed by atoms with E-state index in [2.05, 4.69) is 4.98 Å². The van der Waals surface area contributed by atoms with Gasteiger partial charge in [-0.25, -0.2) is 0 Å². The van der Waals surface area contributed by atoms with Crippen LogP contribution >= 0.6 is 11.3 Å². The fraction of sp³-hybridized carbons (Fsp3) is 0.357. The average molecular weight is 316 g/mol. The van der Waals surface area contributed by atoms with E-state index in [0.29, 0.717) is 19.4 Å². The lowest BCUT2D eigenvalue weighted by molar-refractivity contribution is 0.405. The van der Waals surface area contributed by atoms with Gasteiger partial charge in [0.1, 0.15) is 5.69 Å². The van der Waals surface area contributed by atoms with Crippen LogP contribution in [0.5, 0.6) is 0 Å². The van der Waals surface area contributed by atoms with Crippen molar-refractivity contribution in [2.24, 2.45) is 0 Å². The molecule has 2 aromatic rings. The Bertz CT molecular complexity index is 660. The summed E-state index contributed by atoms with van der Waals surface area (Å²) in [6.45, 7) is 2.28. The maximum absolute atomic E-state index is 13.9. The van der Waals surface area contributed by atoms with Crippen LogP contribution in [0.15, 0.2) is 12.1 Å². The molecule has 0 aliphatic carbocycles. The molecule has 7 heteroatoms. The van der Waals surface area contributed by atoms with Crippen molar-refractivity contribution >= 4 is 17.0 Å². The smallest absolute Gasteiger partial charge is 0.253 e. The Kier molecular flexibility index (Phi) is 3.61. The second kappa shape index (κ2) is 5.29. The molecule has 1 aliphatic heterocycles. The number of nitrogens with zero attached hydrogens (tertiary/aromatic N) is 2. The summed E-state index contributed by atoms with van der Waals surface area (Å²) >= 11 is 1.51. The van der Waals surface area contributed by atoms with E-state index in [-0.39, 0.29) is 6.04 Å². The average Bonchev–Trinajstić information content (AvgIpc) is 3.06. The normalized spacial score (nSPS) is 18.5. The summed E-state index contributed by atoms with van der Waals surface area (Å²) in [5.41, 5.74) is -0.659. The number of aromatic nitrogens is 1. The lowest BCUT2D eigenvalue weighted by Crippen LogP contribution is -2.25. The summed E-state index contributed by atoms with van der Waals surface area (Å²) < 4.78 is 54.4. The van der Waals surface area contributed by atoms with Gasteiger partial charge in [0.2, 0.25) is 11.6 Å². The lowest BCUT2D eigenvalue weighted by atomic mass is 10.1. The fourth-order valence-corrected chi connectivity index (χ4v) is 3.72. The highest BCUT2D eigenvalue weighted by molar-refractivity contribution is 7.12. The van der Waals surface area contributed by atoms with Gasteiger partial charge in [-0.1, -0.05) is 0 Å². The highest BCUT2D eigenvalue weighted by Crippen LogP contribution is 2.41. The van der Waals surface area contributed by atoms with Gasteiger partial charge in [0.25, 0.3) is 11.9 Å². The Morgan fingerprint density at radius 3 is 2.38 bits per heavy atom. The highest BCUT2D eigenvalue weighted by atomic mass is 32.1. The molecular formula is C14H12F4N2S. The zero-order chi connectivity index (χ0) is 15.1. The molecule has 0 aromatic carbocycles. The Morgan fingerprint density at radius 1 is 1.14 bits per heavy atom. The largest absolute Gasteiger partial charge is 0.359 e. The molecule has 112 valence electrons. The number of halogens is 4. The van der Waals surface area contributed by atoms with E-state index in [1.165, 1.54) is 16.2 Å². The Morgan fingerprint density at radius 2 is 1.81 bits per heavy atom. The van der Waals surface area contributed by atoms with Crippen molar-refractivity contribution < 1.29 is 17.6 Å². The third-order valence-corrected chi connectivity index (χ3v) is 4.71. The molecule has 1 unspecified atom stereocenters. The summed E-state index contributed by atoms with van der Waals surface area (Å²) in [6.07, 6.45) is 1.39. The molecule has 1 atom stereocenters. The number of aryl methyl sites for hydroxylation is 1. The number of hydrogen-bond donors (Lipinski definition) is 0. The minimum absolute atomic E-state index is 0.270. The van der Waals surface area contributed by atoms with Gasteiger partial charge >= 0.3 is 0 Å². The summed E-state index contributed by atoms with van der Waals surface area (Å²) in [6, 6.07) is 3.53. The summed E-state index contributed by atoms with van der Waals surface area (Å²) in [4.78, 5) is 6.00. The maximum atomic E-state index is 13.9. The zero-order valence-corrected chi connectivity index (χ0v) is 12.0. The molecule has 1 aliphatic rings. The van der Waals surface area contributed by atoms with Gasteiger partial charge in [-0.2, -0.15) is 22.5 Å². The first kappa shape index (κ1) is 14.3. The molecular weight excluding hydrogens is 304 g/mol. The van der Waals surface area contributed by atoms with E-state index in [0.717, 1.165) is 9.75 Å². The monoisotopic (exact) mass is 316 g/mol. The molecule has 2 aromatic heterocycles. The van der Waals surface area contributed by atoms with Crippen molar-refractivity contribution in [3.63, 3.8) is 0 Å². The van der Waals surface area contributed by atoms with Crippen molar-refractivity contribution in [2.45, 2.75) is 25.8 Å². The number of rotatable bonds is 2. The van der Waals surface area contributed by atoms with Crippen molar-refractivity contribution in [3.05, 3.63) is 45.4 Å². The van der Waals surface area contributed by atoms with Crippen LogP contribution in [-0.2, 0) is 0 Å². The summed E-state index contributed by atoms with van der Waals surface area (Å²) in [5.74, 6) is -6.10. The molecule has 0 bridgehead atoms. The fourth-order valence-electron chi connectivity index (χ4n) is 2.69. The number of pyridine rings is 1. The SMILES string of the molecule is Cc1ccc(C2CCCN2c2c(F)c(F)nc(F)c2F)s1. The van der Waals surface area contributed by atoms with Crippen molar-refractivity contribution in [2.75, 3.05) is 11.4 Å². The molecule has 1 fully saturated rings. The van der Waals surface area contributed by atoms with Crippen LogP contribution in [0.1, 0.15) is 28.6 Å². The highest BCUT2D eigenvalue weighted by Gasteiger charge is 2.34. The second-order valence-electron chi connectivity index (χ2n) is 4.97. The first-order chi connectivity index (χ1) is 9.99. The van der Waals surface area contributed by atoms with Crippen LogP contribution in [0, 0.1) is 30.5 Å². The van der Waals surface area contributed by atoms with E-state index >= 15 is 0 Å². The van der Waals surface area contributed by atoms with Gasteiger partial charge in [0.15, 0.2) is 0 Å². The van der Waals surface area contributed by atoms with Gasteiger partial charge in [-0.3, -0.25) is 0 Å². The van der Waals surface area contributed by atoms with Crippen LogP contribution in [0.3, 0.4) is 0 Å². The minimum Gasteiger partial charge on any atom is -0.359 e. The predicted octanol–water partition coefficient (Wildman–Crippen LogP) is 4.35. The molecule has 2 nitrogen and oxygen atoms in total. The molecule has 0 saturated carbocycles. The van der Waals surface area contributed by atoms with Crippen LogP contribution < -0.4 is 4.90 Å². The lowest BCUT2D eigenvalue weighted by Gasteiger charge is -2.26. The molecule has 3 heterocycles. The topological polar surface area (TPSA) is 16.1 Å². The number of thiophene rings is 1. The molecule has 0 spiro atoms. The van der Waals surface area contributed by atoms with E-state index < -0.39 is 29.2 Å². The summed E-state index contributed by atoms with van der Waals surface area (Å²) in [5, 5.41) is 0. The van der Waals surface area contributed by atoms with Crippen molar-refractivity contribution in [1.82, 2.24) is 4.98 Å². The van der Waals surface area contributed by atoms with Crippen LogP contribution in [0.4, 0.5) is 23.2 Å². The van der Waals surface area contributed by atoms with Gasteiger partial charge in [0, 0.05) is 16.3 Å². The Hall–Kier alpha value is -1.63. The maximum Gasteiger partial charge on any atom is 0.253 e. The predicted molar refractivity (Wildman–Crippen MR) is 72.4 cm³/mol. The molecule has 0 N–H and O–H groups in total. The third kappa shape index (κ3) is 2.39. The first-order valence-corrected chi connectivity index (χ1v) is 7.33. The van der Waals surface area contributed by atoms with Crippen LogP contribution in [-0.4, -0.2) is 11.5 Å². The number of hydrogen-bond acceptors (Lipinski definition) is 3. The van der Waals surface area contributed by atoms with E-state index in [1.807, 2.05) is 19.1 Å².